The Morgan fingerprint density at radius 1 is 1.12 bits per heavy atom. The van der Waals surface area contributed by atoms with Gasteiger partial charge in [0, 0.05) is 23.2 Å². The van der Waals surface area contributed by atoms with Gasteiger partial charge in [-0.2, -0.15) is 0 Å². The lowest BCUT2D eigenvalue weighted by atomic mass is 9.75. The van der Waals surface area contributed by atoms with E-state index in [2.05, 4.69) is 4.98 Å². The van der Waals surface area contributed by atoms with Crippen LogP contribution >= 0.6 is 0 Å². The van der Waals surface area contributed by atoms with E-state index in [4.69, 9.17) is 4.74 Å². The number of fused-ring (bicyclic) bond motifs is 1. The molecule has 5 heteroatoms. The second-order valence-electron chi connectivity index (χ2n) is 7.07. The van der Waals surface area contributed by atoms with Crippen LogP contribution in [0.4, 0.5) is 0 Å². The minimum absolute atomic E-state index is 0.0622. The lowest BCUT2D eigenvalue weighted by Crippen LogP contribution is -2.54. The summed E-state index contributed by atoms with van der Waals surface area (Å²) in [5.41, 5.74) is -2.01. The van der Waals surface area contributed by atoms with Gasteiger partial charge in [-0.25, -0.2) is 4.98 Å². The van der Waals surface area contributed by atoms with Gasteiger partial charge in [-0.1, -0.05) is 50.2 Å². The molecule has 25 heavy (non-hydrogen) atoms. The van der Waals surface area contributed by atoms with Crippen LogP contribution in [0.5, 0.6) is 5.75 Å². The van der Waals surface area contributed by atoms with Crippen molar-refractivity contribution in [3.63, 3.8) is 0 Å². The van der Waals surface area contributed by atoms with Crippen LogP contribution in [-0.4, -0.2) is 38.6 Å². The normalized spacial score (nSPS) is 14.4. The quantitative estimate of drug-likeness (QED) is 0.694. The minimum atomic E-state index is -1.26. The average Bonchev–Trinajstić information content (AvgIpc) is 3.12. The van der Waals surface area contributed by atoms with Crippen molar-refractivity contribution < 1.29 is 14.9 Å². The molecule has 0 radical (unpaired) electrons. The highest BCUT2D eigenvalue weighted by Gasteiger charge is 2.44. The summed E-state index contributed by atoms with van der Waals surface area (Å²) >= 11 is 0. The molecule has 0 amide bonds. The number of nitrogens with zero attached hydrogens (tertiary/aromatic N) is 2. The molecule has 0 aliphatic heterocycles. The molecular weight excluding hydrogens is 316 g/mol. The number of aromatic nitrogens is 2. The molecule has 1 aromatic heterocycles. The third kappa shape index (κ3) is 3.52. The predicted octanol–water partition coefficient (Wildman–Crippen LogP) is 2.86. The molecule has 132 valence electrons. The van der Waals surface area contributed by atoms with Crippen molar-refractivity contribution in [2.45, 2.75) is 26.0 Å². The van der Waals surface area contributed by atoms with Crippen LogP contribution in [0.1, 0.15) is 13.8 Å². The van der Waals surface area contributed by atoms with E-state index < -0.39 is 11.0 Å². The number of aliphatic hydroxyl groups is 2. The van der Waals surface area contributed by atoms with Crippen LogP contribution < -0.4 is 4.74 Å². The molecule has 0 aliphatic rings. The number of hydrogen-bond acceptors (Lipinski definition) is 4. The van der Waals surface area contributed by atoms with E-state index in [0.29, 0.717) is 0 Å². The molecule has 0 fully saturated rings. The van der Waals surface area contributed by atoms with Crippen LogP contribution in [0.15, 0.2) is 61.2 Å². The van der Waals surface area contributed by atoms with Gasteiger partial charge in [0.15, 0.2) is 0 Å². The maximum absolute atomic E-state index is 11.3. The molecule has 0 spiro atoms. The second kappa shape index (κ2) is 6.86. The molecule has 2 aromatic carbocycles. The molecule has 0 aliphatic carbocycles. The van der Waals surface area contributed by atoms with Crippen LogP contribution in [0, 0.1) is 5.41 Å². The van der Waals surface area contributed by atoms with Gasteiger partial charge in [0.1, 0.15) is 18.0 Å². The molecule has 1 heterocycles. The van der Waals surface area contributed by atoms with Crippen molar-refractivity contribution in [1.82, 2.24) is 9.55 Å². The third-order valence-electron chi connectivity index (χ3n) is 4.87. The zero-order chi connectivity index (χ0) is 17.9. The molecule has 3 rings (SSSR count). The Morgan fingerprint density at radius 3 is 2.60 bits per heavy atom. The third-order valence-corrected chi connectivity index (χ3v) is 4.87. The number of aliphatic hydroxyl groups excluding tert-OH is 1. The molecule has 0 saturated heterocycles. The van der Waals surface area contributed by atoms with Gasteiger partial charge in [-0.05, 0) is 11.5 Å². The number of imidazole rings is 1. The Hall–Kier alpha value is -2.37. The fourth-order valence-corrected chi connectivity index (χ4v) is 2.80. The Bertz CT molecular complexity index is 825. The lowest BCUT2D eigenvalue weighted by molar-refractivity contribution is -0.124. The summed E-state index contributed by atoms with van der Waals surface area (Å²) in [5.74, 6) is 0.718. The van der Waals surface area contributed by atoms with Gasteiger partial charge in [0.25, 0.3) is 0 Å². The summed E-state index contributed by atoms with van der Waals surface area (Å²) in [6.07, 6.45) is 5.10. The SMILES string of the molecule is CC(C)(CO)C(O)(COc1cccc2ccccc12)Cn1ccnc1. The molecule has 3 aromatic rings. The van der Waals surface area contributed by atoms with Crippen molar-refractivity contribution in [2.24, 2.45) is 5.41 Å². The fourth-order valence-electron chi connectivity index (χ4n) is 2.80. The topological polar surface area (TPSA) is 67.5 Å². The zero-order valence-corrected chi connectivity index (χ0v) is 14.6. The number of rotatable bonds is 7. The highest BCUT2D eigenvalue weighted by atomic mass is 16.5. The first-order valence-corrected chi connectivity index (χ1v) is 8.35. The van der Waals surface area contributed by atoms with E-state index >= 15 is 0 Å². The molecule has 2 N–H and O–H groups in total. The van der Waals surface area contributed by atoms with Crippen LogP contribution in [0.25, 0.3) is 10.8 Å². The van der Waals surface area contributed by atoms with Crippen molar-refractivity contribution >= 4 is 10.8 Å². The highest BCUT2D eigenvalue weighted by Crippen LogP contribution is 2.34. The van der Waals surface area contributed by atoms with Gasteiger partial charge >= 0.3 is 0 Å². The molecular formula is C20H24N2O3. The van der Waals surface area contributed by atoms with Gasteiger partial charge < -0.3 is 19.5 Å². The Morgan fingerprint density at radius 2 is 1.88 bits per heavy atom. The van der Waals surface area contributed by atoms with E-state index in [0.717, 1.165) is 16.5 Å². The number of hydrogen-bond donors (Lipinski definition) is 2. The minimum Gasteiger partial charge on any atom is -0.490 e. The van der Waals surface area contributed by atoms with Gasteiger partial charge in [0.2, 0.25) is 0 Å². The Labute approximate surface area is 147 Å². The molecule has 0 bridgehead atoms. The van der Waals surface area contributed by atoms with Crippen LogP contribution in [0.2, 0.25) is 0 Å². The van der Waals surface area contributed by atoms with Gasteiger partial charge in [-0.3, -0.25) is 0 Å². The Balaban J connectivity index is 1.87. The van der Waals surface area contributed by atoms with Crippen molar-refractivity contribution in [1.29, 1.82) is 0 Å². The van der Waals surface area contributed by atoms with E-state index in [9.17, 15) is 10.2 Å². The van der Waals surface area contributed by atoms with Gasteiger partial charge in [-0.15, -0.1) is 0 Å². The molecule has 1 unspecified atom stereocenters. The summed E-state index contributed by atoms with van der Waals surface area (Å²) < 4.78 is 7.82. The molecule has 0 saturated carbocycles. The smallest absolute Gasteiger partial charge is 0.127 e. The maximum Gasteiger partial charge on any atom is 0.127 e. The lowest BCUT2D eigenvalue weighted by Gasteiger charge is -2.41. The van der Waals surface area contributed by atoms with Crippen LogP contribution in [0.3, 0.4) is 0 Å². The number of ether oxygens (including phenoxy) is 1. The van der Waals surface area contributed by atoms with Crippen molar-refractivity contribution in [3.05, 3.63) is 61.2 Å². The summed E-state index contributed by atoms with van der Waals surface area (Å²) in [6.45, 7) is 3.85. The van der Waals surface area contributed by atoms with E-state index in [1.165, 1.54) is 0 Å². The largest absolute Gasteiger partial charge is 0.490 e. The van der Waals surface area contributed by atoms with E-state index in [-0.39, 0.29) is 19.8 Å². The summed E-state index contributed by atoms with van der Waals surface area (Å²) in [6, 6.07) is 13.8. The monoisotopic (exact) mass is 340 g/mol. The van der Waals surface area contributed by atoms with E-state index in [1.807, 2.05) is 56.3 Å². The summed E-state index contributed by atoms with van der Waals surface area (Å²) in [7, 11) is 0. The second-order valence-corrected chi connectivity index (χ2v) is 7.07. The molecule has 1 atom stereocenters. The number of benzene rings is 2. The standard InChI is InChI=1S/C20H24N2O3/c1-19(2,13-23)20(24,12-22-11-10-21-15-22)14-25-18-9-5-7-16-6-3-4-8-17(16)18/h3-11,15,23-24H,12-14H2,1-2H3. The summed E-state index contributed by atoms with van der Waals surface area (Å²) in [5, 5.41) is 23.2. The average molecular weight is 340 g/mol. The fraction of sp³-hybridized carbons (Fsp3) is 0.350. The van der Waals surface area contributed by atoms with Crippen molar-refractivity contribution in [2.75, 3.05) is 13.2 Å². The van der Waals surface area contributed by atoms with Gasteiger partial charge in [0.05, 0.1) is 19.5 Å². The Kier molecular flexibility index (Phi) is 4.79. The predicted molar refractivity (Wildman–Crippen MR) is 97.5 cm³/mol. The zero-order valence-electron chi connectivity index (χ0n) is 14.6. The summed E-state index contributed by atoms with van der Waals surface area (Å²) in [4.78, 5) is 4.02. The van der Waals surface area contributed by atoms with E-state index in [1.54, 1.807) is 23.3 Å². The highest BCUT2D eigenvalue weighted by molar-refractivity contribution is 5.88. The van der Waals surface area contributed by atoms with Crippen molar-refractivity contribution in [3.8, 4) is 5.75 Å². The van der Waals surface area contributed by atoms with Crippen LogP contribution in [-0.2, 0) is 6.54 Å². The maximum atomic E-state index is 11.3. The first-order valence-electron chi connectivity index (χ1n) is 8.35. The first-order chi connectivity index (χ1) is 12.0. The first kappa shape index (κ1) is 17.5. The molecule has 5 nitrogen and oxygen atoms in total.